The van der Waals surface area contributed by atoms with Gasteiger partial charge in [-0.05, 0) is 67.9 Å². The number of anilines is 1. The summed E-state index contributed by atoms with van der Waals surface area (Å²) in [6.07, 6.45) is 2.34. The third kappa shape index (κ3) is 6.09. The molecule has 1 heterocycles. The maximum atomic E-state index is 12.7. The molecule has 0 unspecified atom stereocenters. The average molecular weight is 417 g/mol. The van der Waals surface area contributed by atoms with Crippen molar-refractivity contribution in [1.82, 2.24) is 4.90 Å². The van der Waals surface area contributed by atoms with Crippen molar-refractivity contribution in [3.8, 4) is 11.5 Å². The number of amides is 1. The molecular formula is C26H28N2O3. The molecule has 0 aliphatic carbocycles. The number of ether oxygens (including phenoxy) is 2. The van der Waals surface area contributed by atoms with Crippen molar-refractivity contribution in [3.63, 3.8) is 0 Å². The van der Waals surface area contributed by atoms with Crippen LogP contribution in [0.5, 0.6) is 11.5 Å². The zero-order valence-electron chi connectivity index (χ0n) is 17.8. The van der Waals surface area contributed by atoms with Gasteiger partial charge in [0.05, 0.1) is 0 Å². The Bertz CT molecular complexity index is 981. The Labute approximate surface area is 183 Å². The lowest BCUT2D eigenvalue weighted by molar-refractivity contribution is 0.102. The van der Waals surface area contributed by atoms with Crippen LogP contribution in [0.2, 0.25) is 0 Å². The van der Waals surface area contributed by atoms with E-state index in [1.54, 1.807) is 12.1 Å². The first-order chi connectivity index (χ1) is 15.2. The second kappa shape index (κ2) is 10.1. The molecule has 0 atom stereocenters. The van der Waals surface area contributed by atoms with Crippen LogP contribution in [0.3, 0.4) is 0 Å². The summed E-state index contributed by atoms with van der Waals surface area (Å²) in [6, 6.07) is 24.7. The molecule has 0 aromatic heterocycles. The highest BCUT2D eigenvalue weighted by Crippen LogP contribution is 2.22. The van der Waals surface area contributed by atoms with Crippen LogP contribution in [-0.4, -0.2) is 37.0 Å². The molecule has 0 radical (unpaired) electrons. The lowest BCUT2D eigenvalue weighted by Gasteiger charge is -2.29. The van der Waals surface area contributed by atoms with E-state index in [1.165, 1.54) is 0 Å². The molecule has 4 rings (SSSR count). The fourth-order valence-corrected chi connectivity index (χ4v) is 3.58. The third-order valence-corrected chi connectivity index (χ3v) is 5.43. The number of piperidine rings is 1. The van der Waals surface area contributed by atoms with Gasteiger partial charge in [-0.3, -0.25) is 4.79 Å². The van der Waals surface area contributed by atoms with Crippen molar-refractivity contribution in [2.24, 2.45) is 0 Å². The lowest BCUT2D eigenvalue weighted by Crippen LogP contribution is -2.35. The van der Waals surface area contributed by atoms with Crippen molar-refractivity contribution >= 4 is 11.6 Å². The molecule has 3 aromatic carbocycles. The number of hydrogen-bond donors (Lipinski definition) is 1. The monoisotopic (exact) mass is 416 g/mol. The molecule has 5 heteroatoms. The number of carbonyl (C=O) groups excluding carboxylic acids is 1. The number of nitrogens with zero attached hydrogens (tertiary/aromatic N) is 1. The molecule has 31 heavy (non-hydrogen) atoms. The van der Waals surface area contributed by atoms with Crippen LogP contribution in [0.15, 0.2) is 78.9 Å². The normalized spacial score (nSPS) is 14.7. The summed E-state index contributed by atoms with van der Waals surface area (Å²) >= 11 is 0. The Morgan fingerprint density at radius 1 is 0.935 bits per heavy atom. The average Bonchev–Trinajstić information content (AvgIpc) is 2.81. The molecule has 1 amide bonds. The molecule has 0 spiro atoms. The van der Waals surface area contributed by atoms with E-state index in [0.29, 0.717) is 17.9 Å². The SMILES string of the molecule is CN1CCC(Oc2ccc(NC(=O)c3cccc(OCc4ccccc4)c3)cc2)CC1. The number of nitrogens with one attached hydrogen (secondary N) is 1. The molecule has 5 nitrogen and oxygen atoms in total. The maximum absolute atomic E-state index is 12.7. The van der Waals surface area contributed by atoms with Crippen LogP contribution in [0.4, 0.5) is 5.69 Å². The van der Waals surface area contributed by atoms with E-state index in [9.17, 15) is 4.79 Å². The minimum Gasteiger partial charge on any atom is -0.490 e. The molecule has 1 aliphatic rings. The summed E-state index contributed by atoms with van der Waals surface area (Å²) in [6.45, 7) is 2.59. The van der Waals surface area contributed by atoms with Crippen molar-refractivity contribution < 1.29 is 14.3 Å². The molecule has 1 N–H and O–H groups in total. The standard InChI is InChI=1S/C26H28N2O3/c1-28-16-14-24(15-17-28)31-23-12-10-22(11-13-23)27-26(29)21-8-5-9-25(18-21)30-19-20-6-3-2-4-7-20/h2-13,18,24H,14-17,19H2,1H3,(H,27,29). The summed E-state index contributed by atoms with van der Waals surface area (Å²) in [5, 5.41) is 2.94. The Hall–Kier alpha value is -3.31. The van der Waals surface area contributed by atoms with Gasteiger partial charge in [0, 0.05) is 24.3 Å². The molecular weight excluding hydrogens is 388 g/mol. The van der Waals surface area contributed by atoms with Gasteiger partial charge in [0.25, 0.3) is 5.91 Å². The number of likely N-dealkylation sites (tertiary alicyclic amines) is 1. The molecule has 1 fully saturated rings. The van der Waals surface area contributed by atoms with Crippen molar-refractivity contribution in [1.29, 1.82) is 0 Å². The van der Waals surface area contributed by atoms with Crippen LogP contribution >= 0.6 is 0 Å². The van der Waals surface area contributed by atoms with Gasteiger partial charge in [-0.1, -0.05) is 36.4 Å². The molecule has 3 aromatic rings. The first kappa shape index (κ1) is 20.9. The predicted octanol–water partition coefficient (Wildman–Crippen LogP) is 4.99. The van der Waals surface area contributed by atoms with Crippen molar-refractivity contribution in [2.75, 3.05) is 25.5 Å². The van der Waals surface area contributed by atoms with Gasteiger partial charge in [-0.25, -0.2) is 0 Å². The number of rotatable bonds is 7. The molecule has 160 valence electrons. The largest absolute Gasteiger partial charge is 0.490 e. The lowest BCUT2D eigenvalue weighted by atomic mass is 10.1. The van der Waals surface area contributed by atoms with Crippen LogP contribution in [0, 0.1) is 0 Å². The molecule has 0 bridgehead atoms. The first-order valence-corrected chi connectivity index (χ1v) is 10.7. The van der Waals surface area contributed by atoms with Crippen LogP contribution in [0.25, 0.3) is 0 Å². The molecule has 1 saturated heterocycles. The number of carbonyl (C=O) groups is 1. The number of benzene rings is 3. The van der Waals surface area contributed by atoms with Crippen molar-refractivity contribution in [2.45, 2.75) is 25.6 Å². The summed E-state index contributed by atoms with van der Waals surface area (Å²) in [7, 11) is 2.14. The van der Waals surface area contributed by atoms with E-state index in [0.717, 1.165) is 42.9 Å². The van der Waals surface area contributed by atoms with E-state index in [1.807, 2.05) is 66.7 Å². The summed E-state index contributed by atoms with van der Waals surface area (Å²) < 4.78 is 11.9. The van der Waals surface area contributed by atoms with Crippen LogP contribution in [0.1, 0.15) is 28.8 Å². The summed E-state index contributed by atoms with van der Waals surface area (Å²) in [4.78, 5) is 15.0. The zero-order valence-corrected chi connectivity index (χ0v) is 17.8. The van der Waals surface area contributed by atoms with Crippen LogP contribution < -0.4 is 14.8 Å². The van der Waals surface area contributed by atoms with Gasteiger partial charge in [-0.15, -0.1) is 0 Å². The van der Waals surface area contributed by atoms with Gasteiger partial charge in [-0.2, -0.15) is 0 Å². The summed E-state index contributed by atoms with van der Waals surface area (Å²) in [5.74, 6) is 1.33. The van der Waals surface area contributed by atoms with Crippen molar-refractivity contribution in [3.05, 3.63) is 90.0 Å². The minimum absolute atomic E-state index is 0.172. The van der Waals surface area contributed by atoms with E-state index >= 15 is 0 Å². The topological polar surface area (TPSA) is 50.8 Å². The predicted molar refractivity (Wildman–Crippen MR) is 123 cm³/mol. The molecule has 1 aliphatic heterocycles. The first-order valence-electron chi connectivity index (χ1n) is 10.7. The number of hydrogen-bond acceptors (Lipinski definition) is 4. The fourth-order valence-electron chi connectivity index (χ4n) is 3.58. The molecule has 0 saturated carbocycles. The Kier molecular flexibility index (Phi) is 6.85. The van der Waals surface area contributed by atoms with Gasteiger partial charge in [0.15, 0.2) is 0 Å². The van der Waals surface area contributed by atoms with Gasteiger partial charge in [0.1, 0.15) is 24.2 Å². The smallest absolute Gasteiger partial charge is 0.255 e. The highest BCUT2D eigenvalue weighted by atomic mass is 16.5. The van der Waals surface area contributed by atoms with E-state index in [2.05, 4.69) is 17.3 Å². The Morgan fingerprint density at radius 2 is 1.68 bits per heavy atom. The van der Waals surface area contributed by atoms with Gasteiger partial charge < -0.3 is 19.7 Å². The Balaban J connectivity index is 1.31. The zero-order chi connectivity index (χ0) is 21.5. The fraction of sp³-hybridized carbons (Fsp3) is 0.269. The van der Waals surface area contributed by atoms with Gasteiger partial charge >= 0.3 is 0 Å². The third-order valence-electron chi connectivity index (χ3n) is 5.43. The second-order valence-corrected chi connectivity index (χ2v) is 7.90. The minimum atomic E-state index is -0.172. The Morgan fingerprint density at radius 3 is 2.42 bits per heavy atom. The highest BCUT2D eigenvalue weighted by Gasteiger charge is 2.18. The van der Waals surface area contributed by atoms with Crippen LogP contribution in [-0.2, 0) is 6.61 Å². The highest BCUT2D eigenvalue weighted by molar-refractivity contribution is 6.04. The quantitative estimate of drug-likeness (QED) is 0.589. The van der Waals surface area contributed by atoms with E-state index in [4.69, 9.17) is 9.47 Å². The second-order valence-electron chi connectivity index (χ2n) is 7.90. The van der Waals surface area contributed by atoms with Gasteiger partial charge in [0.2, 0.25) is 0 Å². The van der Waals surface area contributed by atoms with E-state index in [-0.39, 0.29) is 12.0 Å². The maximum Gasteiger partial charge on any atom is 0.255 e. The summed E-state index contributed by atoms with van der Waals surface area (Å²) in [5.41, 5.74) is 2.37. The van der Waals surface area contributed by atoms with E-state index < -0.39 is 0 Å².